The van der Waals surface area contributed by atoms with E-state index in [0.717, 1.165) is 40.6 Å². The normalized spacial score (nSPS) is 16.0. The van der Waals surface area contributed by atoms with Crippen LogP contribution in [0.2, 0.25) is 5.02 Å². The lowest BCUT2D eigenvalue weighted by molar-refractivity contribution is 0.199. The highest BCUT2D eigenvalue weighted by Crippen LogP contribution is 2.35. The first-order chi connectivity index (χ1) is 15.5. The summed E-state index contributed by atoms with van der Waals surface area (Å²) in [4.78, 5) is 19.5. The van der Waals surface area contributed by atoms with E-state index in [4.69, 9.17) is 21.0 Å². The fourth-order valence-corrected chi connectivity index (χ4v) is 4.40. The minimum atomic E-state index is -0.189. The zero-order valence-electron chi connectivity index (χ0n) is 18.1. The minimum absolute atomic E-state index is 0.171. The maximum absolute atomic E-state index is 13.0. The molecule has 5 nitrogen and oxygen atoms in total. The second-order valence-electron chi connectivity index (χ2n) is 8.35. The zero-order valence-corrected chi connectivity index (χ0v) is 18.8. The van der Waals surface area contributed by atoms with Crippen LogP contribution in [-0.4, -0.2) is 22.5 Å². The quantitative estimate of drug-likeness (QED) is 0.364. The number of nitrogens with one attached hydrogen (secondary N) is 1. The van der Waals surface area contributed by atoms with Crippen LogP contribution >= 0.6 is 11.6 Å². The maximum atomic E-state index is 13.0. The standard InChI is InChI=1S/C26H24ClN3O2/c1-16-5-3-6-18(13-16)19-9-11-24-22(14-19)29-25(32-24)23-7-4-12-30(23)26(31)28-20-10-8-17(2)21(27)15-20/h3,5-6,8-11,13-15,23H,4,7,12H2,1-2H3,(H,28,31). The topological polar surface area (TPSA) is 58.4 Å². The second-order valence-corrected chi connectivity index (χ2v) is 8.76. The molecule has 0 aliphatic carbocycles. The summed E-state index contributed by atoms with van der Waals surface area (Å²) in [6.07, 6.45) is 1.72. The molecule has 0 radical (unpaired) electrons. The largest absolute Gasteiger partial charge is 0.438 e. The minimum Gasteiger partial charge on any atom is -0.438 e. The summed E-state index contributed by atoms with van der Waals surface area (Å²) in [6, 6.07) is 19.6. The Labute approximate surface area is 192 Å². The number of carbonyl (C=O) groups excluding carboxylic acids is 1. The molecule has 1 fully saturated rings. The lowest BCUT2D eigenvalue weighted by atomic mass is 10.0. The van der Waals surface area contributed by atoms with Gasteiger partial charge in [-0.05, 0) is 67.6 Å². The monoisotopic (exact) mass is 445 g/mol. The Morgan fingerprint density at radius 2 is 1.94 bits per heavy atom. The van der Waals surface area contributed by atoms with Crippen molar-refractivity contribution in [1.29, 1.82) is 0 Å². The molecule has 6 heteroatoms. The van der Waals surface area contributed by atoms with Crippen LogP contribution in [0.4, 0.5) is 10.5 Å². The third kappa shape index (κ3) is 3.96. The number of carbonyl (C=O) groups is 1. The summed E-state index contributed by atoms with van der Waals surface area (Å²) in [6.45, 7) is 4.67. The van der Waals surface area contributed by atoms with E-state index in [1.54, 1.807) is 11.0 Å². The van der Waals surface area contributed by atoms with Crippen molar-refractivity contribution in [3.8, 4) is 11.1 Å². The number of nitrogens with zero attached hydrogens (tertiary/aromatic N) is 2. The lowest BCUT2D eigenvalue weighted by Crippen LogP contribution is -2.34. The van der Waals surface area contributed by atoms with Gasteiger partial charge in [-0.2, -0.15) is 0 Å². The van der Waals surface area contributed by atoms with Gasteiger partial charge in [0, 0.05) is 17.3 Å². The van der Waals surface area contributed by atoms with Crippen LogP contribution in [0.15, 0.2) is 65.1 Å². The van der Waals surface area contributed by atoms with Crippen molar-refractivity contribution in [2.75, 3.05) is 11.9 Å². The molecular weight excluding hydrogens is 422 g/mol. The van der Waals surface area contributed by atoms with Gasteiger partial charge in [0.25, 0.3) is 0 Å². The number of likely N-dealkylation sites (tertiary alicyclic amines) is 1. The first-order valence-corrected chi connectivity index (χ1v) is 11.2. The summed E-state index contributed by atoms with van der Waals surface area (Å²) < 4.78 is 6.08. The summed E-state index contributed by atoms with van der Waals surface area (Å²) in [5, 5.41) is 3.58. The number of amides is 2. The highest BCUT2D eigenvalue weighted by molar-refractivity contribution is 6.31. The number of urea groups is 1. The number of anilines is 1. The van der Waals surface area contributed by atoms with Crippen LogP contribution in [0.1, 0.15) is 35.9 Å². The number of oxazole rings is 1. The second kappa shape index (κ2) is 8.32. The average molecular weight is 446 g/mol. The Bertz CT molecular complexity index is 1310. The molecule has 1 atom stereocenters. The molecule has 1 unspecified atom stereocenters. The van der Waals surface area contributed by atoms with E-state index in [1.807, 2.05) is 37.3 Å². The van der Waals surface area contributed by atoms with Crippen LogP contribution in [0.5, 0.6) is 0 Å². The summed E-state index contributed by atoms with van der Waals surface area (Å²) in [5.74, 6) is 0.580. The molecule has 0 saturated carbocycles. The van der Waals surface area contributed by atoms with Gasteiger partial charge in [0.2, 0.25) is 5.89 Å². The van der Waals surface area contributed by atoms with E-state index in [9.17, 15) is 4.79 Å². The molecule has 4 aromatic rings. The molecule has 1 aliphatic rings. The summed E-state index contributed by atoms with van der Waals surface area (Å²) >= 11 is 6.20. The van der Waals surface area contributed by atoms with Crippen LogP contribution < -0.4 is 5.32 Å². The van der Waals surface area contributed by atoms with Crippen LogP contribution in [0, 0.1) is 13.8 Å². The van der Waals surface area contributed by atoms with E-state index in [-0.39, 0.29) is 12.1 Å². The number of aromatic nitrogens is 1. The Kier molecular flexibility index (Phi) is 5.35. The van der Waals surface area contributed by atoms with Gasteiger partial charge in [-0.15, -0.1) is 0 Å². The van der Waals surface area contributed by atoms with Crippen LogP contribution in [0.25, 0.3) is 22.2 Å². The number of benzene rings is 3. The Hall–Kier alpha value is -3.31. The molecule has 162 valence electrons. The van der Waals surface area contributed by atoms with Gasteiger partial charge >= 0.3 is 6.03 Å². The average Bonchev–Trinajstić information content (AvgIpc) is 3.42. The molecule has 0 spiro atoms. The van der Waals surface area contributed by atoms with E-state index in [2.05, 4.69) is 36.5 Å². The first kappa shape index (κ1) is 20.6. The molecule has 2 heterocycles. The first-order valence-electron chi connectivity index (χ1n) is 10.8. The molecule has 1 saturated heterocycles. The maximum Gasteiger partial charge on any atom is 0.322 e. The van der Waals surface area contributed by atoms with Gasteiger partial charge in [-0.1, -0.05) is 53.6 Å². The van der Waals surface area contributed by atoms with E-state index in [0.29, 0.717) is 23.1 Å². The van der Waals surface area contributed by atoms with Crippen molar-refractivity contribution in [3.63, 3.8) is 0 Å². The molecular formula is C26H24ClN3O2. The van der Waals surface area contributed by atoms with Gasteiger partial charge < -0.3 is 14.6 Å². The fraction of sp³-hybridized carbons (Fsp3) is 0.231. The van der Waals surface area contributed by atoms with Gasteiger partial charge in [0.15, 0.2) is 5.58 Å². The zero-order chi connectivity index (χ0) is 22.2. The van der Waals surface area contributed by atoms with Crippen LogP contribution in [0.3, 0.4) is 0 Å². The van der Waals surface area contributed by atoms with Crippen molar-refractivity contribution in [2.24, 2.45) is 0 Å². The van der Waals surface area contributed by atoms with Gasteiger partial charge in [-0.3, -0.25) is 0 Å². The predicted molar refractivity (Wildman–Crippen MR) is 128 cm³/mol. The smallest absolute Gasteiger partial charge is 0.322 e. The van der Waals surface area contributed by atoms with Crippen molar-refractivity contribution < 1.29 is 9.21 Å². The number of aryl methyl sites for hydroxylation is 2. The number of rotatable bonds is 3. The molecule has 2 amide bonds. The summed E-state index contributed by atoms with van der Waals surface area (Å²) in [5.41, 5.74) is 6.64. The molecule has 3 aromatic carbocycles. The summed E-state index contributed by atoms with van der Waals surface area (Å²) in [7, 11) is 0. The number of fused-ring (bicyclic) bond motifs is 1. The lowest BCUT2D eigenvalue weighted by Gasteiger charge is -2.22. The molecule has 1 aliphatic heterocycles. The van der Waals surface area contributed by atoms with Crippen molar-refractivity contribution >= 4 is 34.4 Å². The third-order valence-electron chi connectivity index (χ3n) is 5.98. The van der Waals surface area contributed by atoms with Crippen molar-refractivity contribution in [3.05, 3.63) is 82.7 Å². The number of hydrogen-bond donors (Lipinski definition) is 1. The highest BCUT2D eigenvalue weighted by atomic mass is 35.5. The van der Waals surface area contributed by atoms with E-state index < -0.39 is 0 Å². The van der Waals surface area contributed by atoms with Crippen LogP contribution in [-0.2, 0) is 0 Å². The van der Waals surface area contributed by atoms with Gasteiger partial charge in [0.1, 0.15) is 11.6 Å². The van der Waals surface area contributed by atoms with Crippen molar-refractivity contribution in [2.45, 2.75) is 32.7 Å². The highest BCUT2D eigenvalue weighted by Gasteiger charge is 2.33. The fourth-order valence-electron chi connectivity index (χ4n) is 4.22. The van der Waals surface area contributed by atoms with E-state index in [1.165, 1.54) is 5.56 Å². The Morgan fingerprint density at radius 1 is 1.09 bits per heavy atom. The van der Waals surface area contributed by atoms with Crippen molar-refractivity contribution in [1.82, 2.24) is 9.88 Å². The van der Waals surface area contributed by atoms with E-state index >= 15 is 0 Å². The number of halogens is 1. The molecule has 0 bridgehead atoms. The Morgan fingerprint density at radius 3 is 2.75 bits per heavy atom. The molecule has 1 N–H and O–H groups in total. The molecule has 1 aromatic heterocycles. The molecule has 5 rings (SSSR count). The Balaban J connectivity index is 1.39. The number of hydrogen-bond acceptors (Lipinski definition) is 3. The molecule has 32 heavy (non-hydrogen) atoms. The van der Waals surface area contributed by atoms with Gasteiger partial charge in [0.05, 0.1) is 0 Å². The SMILES string of the molecule is Cc1cccc(-c2ccc3oc(C4CCCN4C(=O)Nc4ccc(C)c(Cl)c4)nc3c2)c1. The predicted octanol–water partition coefficient (Wildman–Crippen LogP) is 7.13. The van der Waals surface area contributed by atoms with Gasteiger partial charge in [-0.25, -0.2) is 9.78 Å². The third-order valence-corrected chi connectivity index (χ3v) is 6.38.